The Bertz CT molecular complexity index is 1130. The van der Waals surface area contributed by atoms with Gasteiger partial charge in [0.2, 0.25) is 10.0 Å². The van der Waals surface area contributed by atoms with Crippen molar-refractivity contribution in [2.24, 2.45) is 0 Å². The molecule has 0 aliphatic carbocycles. The number of hydrogen-bond acceptors (Lipinski definition) is 7. The lowest BCUT2D eigenvalue weighted by Gasteiger charge is -2.34. The molecule has 0 bridgehead atoms. The third-order valence-electron chi connectivity index (χ3n) is 4.63. The molecule has 0 spiro atoms. The molecule has 10 heteroatoms. The molecule has 29 heavy (non-hydrogen) atoms. The number of thiophene rings is 1. The second kappa shape index (κ2) is 7.79. The minimum atomic E-state index is -3.65. The Labute approximate surface area is 172 Å². The number of nitrogens with one attached hydrogen (secondary N) is 1. The van der Waals surface area contributed by atoms with Crippen LogP contribution < -0.4 is 5.32 Å². The minimum Gasteiger partial charge on any atom is -0.373 e. The molecule has 8 nitrogen and oxygen atoms in total. The highest BCUT2D eigenvalue weighted by Gasteiger charge is 2.32. The number of ether oxygens (including phenoxy) is 1. The summed E-state index contributed by atoms with van der Waals surface area (Å²) in [5.41, 5.74) is 0.342. The SMILES string of the molecule is C[C@@H]1CN(S(=O)(=O)c2ccc(C(=O)Nc3ncnc4sccc34)cc2)C[C@H](C)O1. The van der Waals surface area contributed by atoms with E-state index in [1.54, 1.807) is 0 Å². The molecule has 1 N–H and O–H groups in total. The molecule has 1 saturated heterocycles. The zero-order chi connectivity index (χ0) is 20.6. The topological polar surface area (TPSA) is 101 Å². The van der Waals surface area contributed by atoms with E-state index in [-0.39, 0.29) is 23.0 Å². The van der Waals surface area contributed by atoms with E-state index < -0.39 is 10.0 Å². The van der Waals surface area contributed by atoms with Gasteiger partial charge in [0.15, 0.2) is 0 Å². The van der Waals surface area contributed by atoms with Crippen molar-refractivity contribution in [3.63, 3.8) is 0 Å². The van der Waals surface area contributed by atoms with E-state index in [9.17, 15) is 13.2 Å². The molecule has 0 radical (unpaired) electrons. The van der Waals surface area contributed by atoms with Gasteiger partial charge >= 0.3 is 0 Å². The molecule has 152 valence electrons. The molecule has 1 aromatic carbocycles. The van der Waals surface area contributed by atoms with Crippen molar-refractivity contribution in [1.29, 1.82) is 0 Å². The first kappa shape index (κ1) is 19.9. The monoisotopic (exact) mass is 432 g/mol. The van der Waals surface area contributed by atoms with Crippen LogP contribution in [0.5, 0.6) is 0 Å². The number of fused-ring (bicyclic) bond motifs is 1. The van der Waals surface area contributed by atoms with E-state index >= 15 is 0 Å². The zero-order valence-corrected chi connectivity index (χ0v) is 17.5. The highest BCUT2D eigenvalue weighted by molar-refractivity contribution is 7.89. The van der Waals surface area contributed by atoms with Crippen LogP contribution >= 0.6 is 11.3 Å². The maximum absolute atomic E-state index is 12.9. The predicted octanol–water partition coefficient (Wildman–Crippen LogP) is 2.74. The smallest absolute Gasteiger partial charge is 0.256 e. The molecule has 4 rings (SSSR count). The van der Waals surface area contributed by atoms with Crippen LogP contribution in [0.4, 0.5) is 5.82 Å². The summed E-state index contributed by atoms with van der Waals surface area (Å²) in [4.78, 5) is 21.8. The third-order valence-corrected chi connectivity index (χ3v) is 7.30. The van der Waals surface area contributed by atoms with Crippen LogP contribution in [0, 0.1) is 0 Å². The standard InChI is InChI=1S/C19H20N4O4S2/c1-12-9-23(10-13(2)27-12)29(25,26)15-5-3-14(4-6-15)18(24)22-17-16-7-8-28-19(16)21-11-20-17/h3-8,11-13H,9-10H2,1-2H3,(H,20,21,22,24)/t12-,13+. The number of nitrogens with zero attached hydrogens (tertiary/aromatic N) is 3. The lowest BCUT2D eigenvalue weighted by Crippen LogP contribution is -2.48. The zero-order valence-electron chi connectivity index (χ0n) is 15.9. The molecule has 1 fully saturated rings. The summed E-state index contributed by atoms with van der Waals surface area (Å²) in [6, 6.07) is 7.75. The molecular weight excluding hydrogens is 412 g/mol. The number of amides is 1. The number of anilines is 1. The summed E-state index contributed by atoms with van der Waals surface area (Å²) in [5, 5.41) is 5.40. The molecular formula is C19H20N4O4S2. The van der Waals surface area contributed by atoms with Gasteiger partial charge in [0.05, 0.1) is 22.5 Å². The first-order valence-corrected chi connectivity index (χ1v) is 11.4. The van der Waals surface area contributed by atoms with Gasteiger partial charge in [0, 0.05) is 18.7 Å². The number of carbonyl (C=O) groups is 1. The average molecular weight is 433 g/mol. The van der Waals surface area contributed by atoms with Crippen LogP contribution in [-0.4, -0.2) is 53.9 Å². The summed E-state index contributed by atoms with van der Waals surface area (Å²) >= 11 is 1.46. The van der Waals surface area contributed by atoms with Gasteiger partial charge in [0.25, 0.3) is 5.91 Å². The molecule has 2 aromatic heterocycles. The summed E-state index contributed by atoms with van der Waals surface area (Å²) in [6.45, 7) is 4.31. The largest absolute Gasteiger partial charge is 0.373 e. The molecule has 3 aromatic rings. The third kappa shape index (κ3) is 4.01. The van der Waals surface area contributed by atoms with Gasteiger partial charge in [-0.15, -0.1) is 11.3 Å². The number of carbonyl (C=O) groups excluding carboxylic acids is 1. The maximum Gasteiger partial charge on any atom is 0.256 e. The van der Waals surface area contributed by atoms with E-state index in [0.717, 1.165) is 10.2 Å². The summed E-state index contributed by atoms with van der Waals surface area (Å²) in [5.74, 6) is 0.0583. The molecule has 0 unspecified atom stereocenters. The maximum atomic E-state index is 12.9. The minimum absolute atomic E-state index is 0.151. The Hall–Kier alpha value is -2.40. The number of aromatic nitrogens is 2. The van der Waals surface area contributed by atoms with E-state index in [4.69, 9.17) is 4.74 Å². The summed E-state index contributed by atoms with van der Waals surface area (Å²) < 4.78 is 32.9. The number of morpholine rings is 1. The van der Waals surface area contributed by atoms with Crippen molar-refractivity contribution < 1.29 is 17.9 Å². The number of rotatable bonds is 4. The van der Waals surface area contributed by atoms with Crippen molar-refractivity contribution in [3.05, 3.63) is 47.6 Å². The van der Waals surface area contributed by atoms with E-state index in [0.29, 0.717) is 24.5 Å². The predicted molar refractivity (Wildman–Crippen MR) is 111 cm³/mol. The van der Waals surface area contributed by atoms with Crippen molar-refractivity contribution in [3.8, 4) is 0 Å². The quantitative estimate of drug-likeness (QED) is 0.680. The number of sulfonamides is 1. The molecule has 1 aliphatic heterocycles. The molecule has 2 atom stereocenters. The van der Waals surface area contributed by atoms with Crippen molar-refractivity contribution in [1.82, 2.24) is 14.3 Å². The fraction of sp³-hybridized carbons (Fsp3) is 0.316. The molecule has 0 saturated carbocycles. The molecule has 1 aliphatic rings. The normalized spacial score (nSPS) is 20.6. The van der Waals surface area contributed by atoms with Crippen molar-refractivity contribution >= 4 is 43.3 Å². The average Bonchev–Trinajstić information content (AvgIpc) is 3.17. The second-order valence-corrected chi connectivity index (χ2v) is 9.75. The fourth-order valence-electron chi connectivity index (χ4n) is 3.32. The second-order valence-electron chi connectivity index (χ2n) is 6.92. The number of hydrogen-bond donors (Lipinski definition) is 1. The van der Waals surface area contributed by atoms with Crippen LogP contribution in [0.2, 0.25) is 0 Å². The molecule has 3 heterocycles. The highest BCUT2D eigenvalue weighted by atomic mass is 32.2. The van der Waals surface area contributed by atoms with E-state index in [1.807, 2.05) is 25.3 Å². The van der Waals surface area contributed by atoms with Crippen molar-refractivity contribution in [2.75, 3.05) is 18.4 Å². The fourth-order valence-corrected chi connectivity index (χ4v) is 5.65. The van der Waals surface area contributed by atoms with Crippen LogP contribution in [0.15, 0.2) is 46.9 Å². The van der Waals surface area contributed by atoms with Gasteiger partial charge in [-0.25, -0.2) is 18.4 Å². The van der Waals surface area contributed by atoms with Crippen molar-refractivity contribution in [2.45, 2.75) is 31.0 Å². The van der Waals surface area contributed by atoms with Gasteiger partial charge in [-0.2, -0.15) is 4.31 Å². The van der Waals surface area contributed by atoms with Crippen LogP contribution in [0.3, 0.4) is 0 Å². The van der Waals surface area contributed by atoms with Crippen LogP contribution in [-0.2, 0) is 14.8 Å². The van der Waals surface area contributed by atoms with Gasteiger partial charge in [-0.1, -0.05) is 0 Å². The van der Waals surface area contributed by atoms with Gasteiger partial charge in [0.1, 0.15) is 17.0 Å². The molecule has 1 amide bonds. The Morgan fingerprint density at radius 1 is 1.14 bits per heavy atom. The lowest BCUT2D eigenvalue weighted by molar-refractivity contribution is -0.0440. The Morgan fingerprint density at radius 3 is 2.52 bits per heavy atom. The first-order chi connectivity index (χ1) is 13.8. The Kier molecular flexibility index (Phi) is 5.34. The van der Waals surface area contributed by atoms with E-state index in [1.165, 1.54) is 46.2 Å². The Balaban J connectivity index is 1.53. The highest BCUT2D eigenvalue weighted by Crippen LogP contribution is 2.25. The van der Waals surface area contributed by atoms with Gasteiger partial charge in [-0.05, 0) is 49.6 Å². The van der Waals surface area contributed by atoms with Crippen LogP contribution in [0.25, 0.3) is 10.2 Å². The van der Waals surface area contributed by atoms with Gasteiger partial charge < -0.3 is 10.1 Å². The summed E-state index contributed by atoms with van der Waals surface area (Å²) in [6.07, 6.45) is 1.06. The number of benzene rings is 1. The summed E-state index contributed by atoms with van der Waals surface area (Å²) in [7, 11) is -3.65. The lowest BCUT2D eigenvalue weighted by atomic mass is 10.2. The van der Waals surface area contributed by atoms with Crippen LogP contribution in [0.1, 0.15) is 24.2 Å². The van der Waals surface area contributed by atoms with E-state index in [2.05, 4.69) is 15.3 Å². The Morgan fingerprint density at radius 2 is 1.83 bits per heavy atom. The first-order valence-electron chi connectivity index (χ1n) is 9.10. The van der Waals surface area contributed by atoms with Gasteiger partial charge in [-0.3, -0.25) is 4.79 Å².